The van der Waals surface area contributed by atoms with Gasteiger partial charge in [-0.2, -0.15) is 8.78 Å². The Hall–Kier alpha value is -1.65. The number of aromatic hydroxyl groups is 2. The molecule has 0 aromatic heterocycles. The van der Waals surface area contributed by atoms with Crippen LogP contribution in [0.25, 0.3) is 5.83 Å². The Kier molecular flexibility index (Phi) is 2.46. The van der Waals surface area contributed by atoms with Gasteiger partial charge in [0, 0.05) is 6.07 Å². The minimum Gasteiger partial charge on any atom is -0.508 e. The highest BCUT2D eigenvalue weighted by molar-refractivity contribution is 5.66. The van der Waals surface area contributed by atoms with E-state index in [1.54, 1.807) is 0 Å². The minimum atomic E-state index is -2.51. The van der Waals surface area contributed by atoms with Gasteiger partial charge in [0.25, 0.3) is 0 Å². The SMILES string of the molecule is Oc1ccc(C(F)=C(F)F)c(O)c1. The fourth-order valence-corrected chi connectivity index (χ4v) is 0.807. The molecule has 0 atom stereocenters. The van der Waals surface area contributed by atoms with Crippen molar-refractivity contribution in [3.05, 3.63) is 29.8 Å². The minimum absolute atomic E-state index is 0.326. The van der Waals surface area contributed by atoms with Crippen LogP contribution in [0.1, 0.15) is 5.56 Å². The van der Waals surface area contributed by atoms with Crippen molar-refractivity contribution in [2.75, 3.05) is 0 Å². The van der Waals surface area contributed by atoms with Crippen LogP contribution in [0, 0.1) is 0 Å². The van der Waals surface area contributed by atoms with E-state index < -0.39 is 23.2 Å². The maximum atomic E-state index is 12.5. The molecule has 0 aliphatic heterocycles. The molecule has 1 aromatic rings. The van der Waals surface area contributed by atoms with E-state index in [2.05, 4.69) is 0 Å². The van der Waals surface area contributed by atoms with Crippen LogP contribution in [-0.2, 0) is 0 Å². The van der Waals surface area contributed by atoms with Crippen molar-refractivity contribution in [3.8, 4) is 11.5 Å². The van der Waals surface area contributed by atoms with Gasteiger partial charge in [-0.25, -0.2) is 4.39 Å². The van der Waals surface area contributed by atoms with Gasteiger partial charge in [-0.05, 0) is 12.1 Å². The summed E-state index contributed by atoms with van der Waals surface area (Å²) in [5.41, 5.74) is -0.641. The predicted octanol–water partition coefficient (Wildman–Crippen LogP) is 2.63. The number of rotatable bonds is 1. The highest BCUT2D eigenvalue weighted by Gasteiger charge is 2.12. The van der Waals surface area contributed by atoms with Gasteiger partial charge >= 0.3 is 6.08 Å². The molecule has 0 heterocycles. The maximum absolute atomic E-state index is 12.5. The average Bonchev–Trinajstić information content (AvgIpc) is 2.03. The molecule has 0 aliphatic rings. The van der Waals surface area contributed by atoms with Crippen LogP contribution in [0.4, 0.5) is 13.2 Å². The van der Waals surface area contributed by atoms with Crippen molar-refractivity contribution in [1.82, 2.24) is 0 Å². The van der Waals surface area contributed by atoms with Crippen LogP contribution in [-0.4, -0.2) is 10.2 Å². The van der Waals surface area contributed by atoms with Gasteiger partial charge < -0.3 is 10.2 Å². The smallest absolute Gasteiger partial charge is 0.306 e. The third-order valence-electron chi connectivity index (χ3n) is 1.38. The molecular weight excluding hydrogens is 185 g/mol. The van der Waals surface area contributed by atoms with Gasteiger partial charge in [0.15, 0.2) is 5.83 Å². The van der Waals surface area contributed by atoms with Gasteiger partial charge in [-0.3, -0.25) is 0 Å². The molecule has 5 heteroatoms. The zero-order valence-corrected chi connectivity index (χ0v) is 6.26. The van der Waals surface area contributed by atoms with Crippen molar-refractivity contribution in [3.63, 3.8) is 0 Å². The number of hydrogen-bond acceptors (Lipinski definition) is 2. The Balaban J connectivity index is 3.25. The first-order chi connectivity index (χ1) is 6.02. The summed E-state index contributed by atoms with van der Waals surface area (Å²) in [6.45, 7) is 0. The van der Waals surface area contributed by atoms with E-state index >= 15 is 0 Å². The maximum Gasteiger partial charge on any atom is 0.306 e. The summed E-state index contributed by atoms with van der Waals surface area (Å²) in [7, 11) is 0. The van der Waals surface area contributed by atoms with E-state index in [4.69, 9.17) is 10.2 Å². The lowest BCUT2D eigenvalue weighted by atomic mass is 10.2. The molecule has 0 saturated heterocycles. The fourth-order valence-electron chi connectivity index (χ4n) is 0.807. The highest BCUT2D eigenvalue weighted by atomic mass is 19.3. The molecule has 70 valence electrons. The lowest BCUT2D eigenvalue weighted by molar-refractivity contribution is 0.407. The Morgan fingerprint density at radius 3 is 2.15 bits per heavy atom. The zero-order chi connectivity index (χ0) is 10.0. The number of phenols is 2. The van der Waals surface area contributed by atoms with E-state index in [-0.39, 0.29) is 5.75 Å². The summed E-state index contributed by atoms with van der Waals surface area (Å²) in [5.74, 6) is -2.85. The molecule has 0 spiro atoms. The van der Waals surface area contributed by atoms with Crippen LogP contribution >= 0.6 is 0 Å². The quantitative estimate of drug-likeness (QED) is 0.714. The van der Waals surface area contributed by atoms with Crippen LogP contribution in [0.3, 0.4) is 0 Å². The summed E-state index contributed by atoms with van der Waals surface area (Å²) < 4.78 is 36.0. The molecule has 0 amide bonds. The lowest BCUT2D eigenvalue weighted by Crippen LogP contribution is -1.80. The normalized spacial score (nSPS) is 9.77. The third kappa shape index (κ3) is 1.93. The van der Waals surface area contributed by atoms with E-state index in [0.717, 1.165) is 18.2 Å². The molecule has 0 bridgehead atoms. The molecule has 1 rings (SSSR count). The second-order valence-electron chi connectivity index (χ2n) is 2.28. The second kappa shape index (κ2) is 3.38. The van der Waals surface area contributed by atoms with Gasteiger partial charge in [0.2, 0.25) is 0 Å². The first-order valence-electron chi connectivity index (χ1n) is 3.25. The van der Waals surface area contributed by atoms with Crippen molar-refractivity contribution < 1.29 is 23.4 Å². The van der Waals surface area contributed by atoms with E-state index in [9.17, 15) is 13.2 Å². The lowest BCUT2D eigenvalue weighted by Gasteiger charge is -2.00. The summed E-state index contributed by atoms with van der Waals surface area (Å²) >= 11 is 0. The molecule has 0 unspecified atom stereocenters. The van der Waals surface area contributed by atoms with Gasteiger partial charge in [0.1, 0.15) is 11.5 Å². The van der Waals surface area contributed by atoms with Crippen LogP contribution in [0.2, 0.25) is 0 Å². The number of benzene rings is 1. The molecule has 1 aromatic carbocycles. The summed E-state index contributed by atoms with van der Waals surface area (Å²) in [5, 5.41) is 17.7. The molecule has 2 N–H and O–H groups in total. The van der Waals surface area contributed by atoms with Crippen molar-refractivity contribution in [2.24, 2.45) is 0 Å². The molecule has 0 saturated carbocycles. The second-order valence-corrected chi connectivity index (χ2v) is 2.28. The zero-order valence-electron chi connectivity index (χ0n) is 6.26. The summed E-state index contributed by atoms with van der Waals surface area (Å²) in [6.07, 6.45) is -2.51. The molecular formula is C8H5F3O2. The van der Waals surface area contributed by atoms with Gasteiger partial charge in [-0.15, -0.1) is 0 Å². The number of halogens is 3. The molecule has 13 heavy (non-hydrogen) atoms. The predicted molar refractivity (Wildman–Crippen MR) is 40.0 cm³/mol. The monoisotopic (exact) mass is 190 g/mol. The first kappa shape index (κ1) is 9.44. The largest absolute Gasteiger partial charge is 0.508 e. The van der Waals surface area contributed by atoms with Gasteiger partial charge in [0.05, 0.1) is 5.56 Å². The molecule has 0 aliphatic carbocycles. The Labute approximate surface area is 71.6 Å². The first-order valence-corrected chi connectivity index (χ1v) is 3.25. The standard InChI is InChI=1S/C8H5F3O2/c9-7(8(10)11)5-2-1-4(12)3-6(5)13/h1-3,12-13H. The van der Waals surface area contributed by atoms with E-state index in [1.165, 1.54) is 0 Å². The van der Waals surface area contributed by atoms with Gasteiger partial charge in [-0.1, -0.05) is 0 Å². The van der Waals surface area contributed by atoms with Crippen molar-refractivity contribution in [1.29, 1.82) is 0 Å². The average molecular weight is 190 g/mol. The van der Waals surface area contributed by atoms with Crippen LogP contribution < -0.4 is 0 Å². The molecule has 0 fully saturated rings. The fraction of sp³-hybridized carbons (Fsp3) is 0. The van der Waals surface area contributed by atoms with Crippen molar-refractivity contribution in [2.45, 2.75) is 0 Å². The summed E-state index contributed by atoms with van der Waals surface area (Å²) in [4.78, 5) is 0. The Bertz CT molecular complexity index is 356. The third-order valence-corrected chi connectivity index (χ3v) is 1.38. The molecule has 0 radical (unpaired) electrons. The summed E-state index contributed by atoms with van der Waals surface area (Å²) in [6, 6.07) is 2.63. The number of hydrogen-bond donors (Lipinski definition) is 2. The van der Waals surface area contributed by atoms with Crippen LogP contribution in [0.5, 0.6) is 11.5 Å². The topological polar surface area (TPSA) is 40.5 Å². The van der Waals surface area contributed by atoms with Crippen LogP contribution in [0.15, 0.2) is 24.3 Å². The molecule has 2 nitrogen and oxygen atoms in total. The van der Waals surface area contributed by atoms with E-state index in [1.807, 2.05) is 0 Å². The Morgan fingerprint density at radius 2 is 1.69 bits per heavy atom. The number of phenolic OH excluding ortho intramolecular Hbond substituents is 2. The Morgan fingerprint density at radius 1 is 1.08 bits per heavy atom. The highest BCUT2D eigenvalue weighted by Crippen LogP contribution is 2.31. The van der Waals surface area contributed by atoms with Crippen molar-refractivity contribution >= 4 is 5.83 Å². The van der Waals surface area contributed by atoms with E-state index in [0.29, 0.717) is 0 Å².